The molecule has 7 nitrogen and oxygen atoms in total. The maximum Gasteiger partial charge on any atom is 0.229 e. The topological polar surface area (TPSA) is 74.8 Å². The predicted octanol–water partition coefficient (Wildman–Crippen LogP) is 2.86. The van der Waals surface area contributed by atoms with Crippen molar-refractivity contribution in [3.05, 3.63) is 18.2 Å². The van der Waals surface area contributed by atoms with Gasteiger partial charge in [0.2, 0.25) is 11.8 Å². The third-order valence-corrected chi connectivity index (χ3v) is 7.30. The Morgan fingerprint density at radius 1 is 1.21 bits per heavy atom. The van der Waals surface area contributed by atoms with Crippen molar-refractivity contribution in [3.8, 4) is 0 Å². The molecular formula is C21H26N4O3S. The van der Waals surface area contributed by atoms with E-state index in [1.807, 2.05) is 23.1 Å². The monoisotopic (exact) mass is 414 g/mol. The molecule has 0 bridgehead atoms. The number of likely N-dealkylation sites (tertiary alicyclic amines) is 1. The van der Waals surface area contributed by atoms with Crippen LogP contribution >= 0.6 is 11.3 Å². The molecule has 1 N–H and O–H groups in total. The van der Waals surface area contributed by atoms with Gasteiger partial charge in [-0.25, -0.2) is 4.98 Å². The molecule has 2 amide bonds. The molecule has 1 atom stereocenters. The molecule has 1 aliphatic carbocycles. The van der Waals surface area contributed by atoms with Gasteiger partial charge in [0.25, 0.3) is 0 Å². The molecule has 3 fully saturated rings. The lowest BCUT2D eigenvalue weighted by atomic mass is 10.1. The molecule has 2 aromatic rings. The Morgan fingerprint density at radius 2 is 2.00 bits per heavy atom. The zero-order valence-electron chi connectivity index (χ0n) is 16.4. The van der Waals surface area contributed by atoms with Crippen molar-refractivity contribution in [2.75, 3.05) is 43.1 Å². The van der Waals surface area contributed by atoms with Gasteiger partial charge >= 0.3 is 0 Å². The minimum absolute atomic E-state index is 0.0592. The SMILES string of the molecule is O=C(Nc1ccc2nc(N3CCOCC3)sc2c1)[C@@H]1CC(=O)N(C2CCCC2)C1. The molecule has 29 heavy (non-hydrogen) atoms. The summed E-state index contributed by atoms with van der Waals surface area (Å²) in [6.45, 7) is 3.73. The van der Waals surface area contributed by atoms with E-state index in [2.05, 4.69) is 10.2 Å². The zero-order chi connectivity index (χ0) is 19.8. The van der Waals surface area contributed by atoms with Crippen LogP contribution < -0.4 is 10.2 Å². The molecule has 3 heterocycles. The quantitative estimate of drug-likeness (QED) is 0.833. The van der Waals surface area contributed by atoms with Gasteiger partial charge in [-0.15, -0.1) is 0 Å². The fourth-order valence-electron chi connectivity index (χ4n) is 4.60. The summed E-state index contributed by atoms with van der Waals surface area (Å²) in [6.07, 6.45) is 4.85. The summed E-state index contributed by atoms with van der Waals surface area (Å²) in [4.78, 5) is 34.1. The average Bonchev–Trinajstić information content (AvgIpc) is 3.47. The second kappa shape index (κ2) is 7.91. The van der Waals surface area contributed by atoms with Crippen LogP contribution in [0.4, 0.5) is 10.8 Å². The number of anilines is 2. The van der Waals surface area contributed by atoms with Crippen LogP contribution in [0.1, 0.15) is 32.1 Å². The van der Waals surface area contributed by atoms with Crippen molar-refractivity contribution in [1.29, 1.82) is 0 Å². The van der Waals surface area contributed by atoms with Crippen molar-refractivity contribution >= 4 is 44.2 Å². The molecule has 0 unspecified atom stereocenters. The van der Waals surface area contributed by atoms with Crippen molar-refractivity contribution in [3.63, 3.8) is 0 Å². The first-order valence-corrected chi connectivity index (χ1v) is 11.3. The molecule has 0 spiro atoms. The number of fused-ring (bicyclic) bond motifs is 1. The minimum Gasteiger partial charge on any atom is -0.378 e. The van der Waals surface area contributed by atoms with Crippen LogP contribution in [0, 0.1) is 5.92 Å². The van der Waals surface area contributed by atoms with Crippen molar-refractivity contribution in [2.24, 2.45) is 5.92 Å². The lowest BCUT2D eigenvalue weighted by molar-refractivity contribution is -0.129. The summed E-state index contributed by atoms with van der Waals surface area (Å²) in [6, 6.07) is 6.18. The number of thiazole rings is 1. The van der Waals surface area contributed by atoms with E-state index < -0.39 is 0 Å². The fourth-order valence-corrected chi connectivity index (χ4v) is 5.66. The van der Waals surface area contributed by atoms with E-state index in [1.54, 1.807) is 11.3 Å². The molecule has 2 aliphatic heterocycles. The maximum atomic E-state index is 12.8. The van der Waals surface area contributed by atoms with Gasteiger partial charge in [0.1, 0.15) is 0 Å². The first-order valence-electron chi connectivity index (χ1n) is 10.5. The lowest BCUT2D eigenvalue weighted by Gasteiger charge is -2.25. The minimum atomic E-state index is -0.260. The van der Waals surface area contributed by atoms with Crippen molar-refractivity contribution in [2.45, 2.75) is 38.1 Å². The second-order valence-corrected chi connectivity index (χ2v) is 9.16. The van der Waals surface area contributed by atoms with Crippen LogP contribution in [0.2, 0.25) is 0 Å². The van der Waals surface area contributed by atoms with Gasteiger partial charge in [0.15, 0.2) is 5.13 Å². The van der Waals surface area contributed by atoms with Gasteiger partial charge in [-0.3, -0.25) is 9.59 Å². The molecule has 154 valence electrons. The lowest BCUT2D eigenvalue weighted by Crippen LogP contribution is -2.36. The van der Waals surface area contributed by atoms with Gasteiger partial charge in [0, 0.05) is 37.8 Å². The van der Waals surface area contributed by atoms with E-state index >= 15 is 0 Å². The Balaban J connectivity index is 1.26. The number of rotatable bonds is 4. The Hall–Kier alpha value is -2.19. The van der Waals surface area contributed by atoms with Crippen LogP contribution in [0.5, 0.6) is 0 Å². The predicted molar refractivity (Wildman–Crippen MR) is 113 cm³/mol. The van der Waals surface area contributed by atoms with E-state index in [-0.39, 0.29) is 17.7 Å². The summed E-state index contributed by atoms with van der Waals surface area (Å²) in [5, 5.41) is 4.02. The van der Waals surface area contributed by atoms with Gasteiger partial charge in [-0.05, 0) is 31.0 Å². The molecular weight excluding hydrogens is 388 g/mol. The average molecular weight is 415 g/mol. The van der Waals surface area contributed by atoms with E-state index in [9.17, 15) is 9.59 Å². The third kappa shape index (κ3) is 3.83. The number of carbonyl (C=O) groups excluding carboxylic acids is 2. The molecule has 5 rings (SSSR count). The van der Waals surface area contributed by atoms with Gasteiger partial charge < -0.3 is 19.9 Å². The summed E-state index contributed by atoms with van der Waals surface area (Å²) in [7, 11) is 0. The first-order chi connectivity index (χ1) is 14.2. The van der Waals surface area contributed by atoms with E-state index in [0.717, 1.165) is 60.2 Å². The Morgan fingerprint density at radius 3 is 2.79 bits per heavy atom. The number of amides is 2. The number of aromatic nitrogens is 1. The number of ether oxygens (including phenoxy) is 1. The summed E-state index contributed by atoms with van der Waals surface area (Å²) >= 11 is 1.64. The summed E-state index contributed by atoms with van der Waals surface area (Å²) < 4.78 is 6.47. The van der Waals surface area contributed by atoms with E-state index in [4.69, 9.17) is 9.72 Å². The van der Waals surface area contributed by atoms with Crippen LogP contribution in [0.3, 0.4) is 0 Å². The molecule has 0 radical (unpaired) electrons. The Bertz CT molecular complexity index is 918. The molecule has 8 heteroatoms. The number of benzene rings is 1. The number of nitrogens with zero attached hydrogens (tertiary/aromatic N) is 3. The number of nitrogens with one attached hydrogen (secondary N) is 1. The van der Waals surface area contributed by atoms with Crippen molar-refractivity contribution in [1.82, 2.24) is 9.88 Å². The molecule has 3 aliphatic rings. The number of morpholine rings is 1. The molecule has 1 aromatic heterocycles. The highest BCUT2D eigenvalue weighted by Crippen LogP contribution is 2.32. The van der Waals surface area contributed by atoms with Crippen LogP contribution in [0.25, 0.3) is 10.2 Å². The third-order valence-electron chi connectivity index (χ3n) is 6.22. The fraction of sp³-hybridized carbons (Fsp3) is 0.571. The first kappa shape index (κ1) is 18.8. The molecule has 1 aromatic carbocycles. The number of carbonyl (C=O) groups is 2. The second-order valence-electron chi connectivity index (χ2n) is 8.15. The molecule has 1 saturated carbocycles. The van der Waals surface area contributed by atoms with Gasteiger partial charge in [-0.2, -0.15) is 0 Å². The van der Waals surface area contributed by atoms with Gasteiger partial charge in [0.05, 0.1) is 29.3 Å². The highest BCUT2D eigenvalue weighted by molar-refractivity contribution is 7.22. The van der Waals surface area contributed by atoms with Crippen LogP contribution in [-0.4, -0.2) is 60.6 Å². The largest absolute Gasteiger partial charge is 0.378 e. The maximum absolute atomic E-state index is 12.8. The normalized spacial score (nSPS) is 23.3. The van der Waals surface area contributed by atoms with Crippen LogP contribution in [0.15, 0.2) is 18.2 Å². The smallest absolute Gasteiger partial charge is 0.229 e. The standard InChI is InChI=1S/C21H26N4O3S/c26-19-11-14(13-25(19)16-3-1-2-4-16)20(27)22-15-5-6-17-18(12-15)29-21(23-17)24-7-9-28-10-8-24/h5-6,12,14,16H,1-4,7-11,13H2,(H,22,27)/t14-/m1/s1. The Labute approximate surface area is 174 Å². The highest BCUT2D eigenvalue weighted by Gasteiger charge is 2.38. The van der Waals surface area contributed by atoms with Crippen molar-refractivity contribution < 1.29 is 14.3 Å². The van der Waals surface area contributed by atoms with Crippen LogP contribution in [-0.2, 0) is 14.3 Å². The van der Waals surface area contributed by atoms with Gasteiger partial charge in [-0.1, -0.05) is 24.2 Å². The van der Waals surface area contributed by atoms with E-state index in [1.165, 1.54) is 12.8 Å². The van der Waals surface area contributed by atoms with E-state index in [0.29, 0.717) is 19.0 Å². The Kier molecular flexibility index (Phi) is 5.13. The summed E-state index contributed by atoms with van der Waals surface area (Å²) in [5.74, 6) is -0.189. The highest BCUT2D eigenvalue weighted by atomic mass is 32.1. The molecule has 2 saturated heterocycles. The number of hydrogen-bond donors (Lipinski definition) is 1. The zero-order valence-corrected chi connectivity index (χ0v) is 17.2. The summed E-state index contributed by atoms with van der Waals surface area (Å²) in [5.41, 5.74) is 1.71. The number of hydrogen-bond acceptors (Lipinski definition) is 6.